The second kappa shape index (κ2) is 5.95. The molecule has 0 aliphatic carbocycles. The topological polar surface area (TPSA) is 60.2 Å². The van der Waals surface area contributed by atoms with E-state index >= 15 is 0 Å². The molecule has 0 heterocycles. The highest BCUT2D eigenvalue weighted by atomic mass is 35.5. The summed E-state index contributed by atoms with van der Waals surface area (Å²) in [5.74, 6) is -0.0377. The molecule has 0 atom stereocenters. The van der Waals surface area contributed by atoms with Crippen LogP contribution < -0.4 is 5.73 Å². The number of nitrogens with two attached hydrogens (primary N) is 1. The predicted molar refractivity (Wildman–Crippen MR) is 81.4 cm³/mol. The first-order valence-corrected chi connectivity index (χ1v) is 8.22. The Hall–Kier alpha value is -1.36. The Balaban J connectivity index is 2.33. The van der Waals surface area contributed by atoms with E-state index in [-0.39, 0.29) is 10.6 Å². The van der Waals surface area contributed by atoms with Gasteiger partial charge in [-0.05, 0) is 41.8 Å². The highest BCUT2D eigenvalue weighted by molar-refractivity contribution is 7.90. The normalized spacial score (nSPS) is 11.6. The van der Waals surface area contributed by atoms with Crippen molar-refractivity contribution < 1.29 is 8.42 Å². The van der Waals surface area contributed by atoms with E-state index in [0.717, 1.165) is 16.7 Å². The fraction of sp³-hybridized carbons (Fsp3) is 0.200. The zero-order valence-electron chi connectivity index (χ0n) is 11.1. The molecule has 0 aliphatic heterocycles. The van der Waals surface area contributed by atoms with Crippen LogP contribution in [-0.2, 0) is 22.1 Å². The molecule has 0 spiro atoms. The Labute approximate surface area is 124 Å². The lowest BCUT2D eigenvalue weighted by molar-refractivity contribution is 0.595. The quantitative estimate of drug-likeness (QED) is 0.944. The molecule has 3 nitrogen and oxygen atoms in total. The summed E-state index contributed by atoms with van der Waals surface area (Å²) >= 11 is 5.85. The first kappa shape index (κ1) is 15.0. The Morgan fingerprint density at radius 2 is 1.90 bits per heavy atom. The van der Waals surface area contributed by atoms with Gasteiger partial charge in [0.25, 0.3) is 0 Å². The standard InChI is InChI=1S/C15H16ClNO2S/c1-11-7-12(9-17)5-6-13(11)10-20(18,19)15-4-2-3-14(16)8-15/h2-8H,9-10,17H2,1H3. The summed E-state index contributed by atoms with van der Waals surface area (Å²) < 4.78 is 24.8. The average molecular weight is 310 g/mol. The number of benzene rings is 2. The van der Waals surface area contributed by atoms with E-state index in [2.05, 4.69) is 0 Å². The summed E-state index contributed by atoms with van der Waals surface area (Å²) in [5, 5.41) is 0.418. The predicted octanol–water partition coefficient (Wildman–Crippen LogP) is 3.08. The number of sulfone groups is 1. The maximum atomic E-state index is 12.4. The van der Waals surface area contributed by atoms with Gasteiger partial charge in [0.2, 0.25) is 0 Å². The van der Waals surface area contributed by atoms with Gasteiger partial charge < -0.3 is 5.73 Å². The van der Waals surface area contributed by atoms with Crippen molar-refractivity contribution in [2.24, 2.45) is 5.73 Å². The lowest BCUT2D eigenvalue weighted by atomic mass is 10.1. The van der Waals surface area contributed by atoms with Crippen LogP contribution in [0, 0.1) is 6.92 Å². The lowest BCUT2D eigenvalue weighted by Crippen LogP contribution is -2.07. The van der Waals surface area contributed by atoms with Gasteiger partial charge in [0.05, 0.1) is 10.6 Å². The second-order valence-electron chi connectivity index (χ2n) is 4.68. The van der Waals surface area contributed by atoms with E-state index in [0.29, 0.717) is 11.6 Å². The second-order valence-corrected chi connectivity index (χ2v) is 7.11. The van der Waals surface area contributed by atoms with Crippen molar-refractivity contribution in [2.45, 2.75) is 24.1 Å². The van der Waals surface area contributed by atoms with Crippen molar-refractivity contribution in [3.8, 4) is 0 Å². The number of halogens is 1. The molecule has 0 amide bonds. The van der Waals surface area contributed by atoms with Gasteiger partial charge in [-0.2, -0.15) is 0 Å². The zero-order chi connectivity index (χ0) is 14.8. The Morgan fingerprint density at radius 3 is 2.50 bits per heavy atom. The van der Waals surface area contributed by atoms with Crippen LogP contribution in [0.2, 0.25) is 5.02 Å². The molecule has 5 heteroatoms. The summed E-state index contributed by atoms with van der Waals surface area (Å²) in [5.41, 5.74) is 8.27. The summed E-state index contributed by atoms with van der Waals surface area (Å²) in [7, 11) is -3.39. The Bertz CT molecular complexity index is 726. The highest BCUT2D eigenvalue weighted by Crippen LogP contribution is 2.22. The smallest absolute Gasteiger partial charge is 0.182 e. The average Bonchev–Trinajstić information content (AvgIpc) is 2.41. The molecular weight excluding hydrogens is 294 g/mol. The fourth-order valence-electron chi connectivity index (χ4n) is 2.00. The van der Waals surface area contributed by atoms with Gasteiger partial charge in [0, 0.05) is 11.6 Å². The molecule has 0 aliphatic rings. The minimum absolute atomic E-state index is 0.0377. The molecule has 2 rings (SSSR count). The zero-order valence-corrected chi connectivity index (χ0v) is 12.7. The number of rotatable bonds is 4. The molecule has 0 saturated carbocycles. The first-order valence-electron chi connectivity index (χ1n) is 6.19. The molecular formula is C15H16ClNO2S. The van der Waals surface area contributed by atoms with Crippen LogP contribution in [0.15, 0.2) is 47.4 Å². The molecule has 0 saturated heterocycles. The molecule has 2 aromatic rings. The van der Waals surface area contributed by atoms with Gasteiger partial charge in [-0.1, -0.05) is 35.9 Å². The molecule has 2 N–H and O–H groups in total. The fourth-order valence-corrected chi connectivity index (χ4v) is 3.74. The van der Waals surface area contributed by atoms with Crippen molar-refractivity contribution in [1.29, 1.82) is 0 Å². The maximum absolute atomic E-state index is 12.4. The first-order chi connectivity index (χ1) is 9.42. The Morgan fingerprint density at radius 1 is 1.15 bits per heavy atom. The van der Waals surface area contributed by atoms with Crippen LogP contribution in [0.3, 0.4) is 0 Å². The van der Waals surface area contributed by atoms with Crippen LogP contribution in [0.1, 0.15) is 16.7 Å². The minimum Gasteiger partial charge on any atom is -0.326 e. The maximum Gasteiger partial charge on any atom is 0.182 e. The van der Waals surface area contributed by atoms with Crippen LogP contribution in [0.5, 0.6) is 0 Å². The molecule has 0 fully saturated rings. The van der Waals surface area contributed by atoms with Crippen LogP contribution >= 0.6 is 11.6 Å². The van der Waals surface area contributed by atoms with Crippen molar-refractivity contribution in [3.05, 3.63) is 64.2 Å². The summed E-state index contributed by atoms with van der Waals surface area (Å²) in [4.78, 5) is 0.243. The molecule has 106 valence electrons. The molecule has 0 unspecified atom stereocenters. The highest BCUT2D eigenvalue weighted by Gasteiger charge is 2.16. The van der Waals surface area contributed by atoms with Crippen molar-refractivity contribution >= 4 is 21.4 Å². The van der Waals surface area contributed by atoms with E-state index < -0.39 is 9.84 Å². The van der Waals surface area contributed by atoms with Crippen molar-refractivity contribution in [1.82, 2.24) is 0 Å². The van der Waals surface area contributed by atoms with E-state index in [1.807, 2.05) is 25.1 Å². The third-order valence-electron chi connectivity index (χ3n) is 3.14. The largest absolute Gasteiger partial charge is 0.326 e. The summed E-state index contributed by atoms with van der Waals surface area (Å²) in [6.07, 6.45) is 0. The molecule has 0 radical (unpaired) electrons. The van der Waals surface area contributed by atoms with Gasteiger partial charge in [-0.25, -0.2) is 8.42 Å². The minimum atomic E-state index is -3.39. The third-order valence-corrected chi connectivity index (χ3v) is 5.04. The summed E-state index contributed by atoms with van der Waals surface area (Å²) in [6.45, 7) is 2.34. The third kappa shape index (κ3) is 3.39. The van der Waals surface area contributed by atoms with Gasteiger partial charge >= 0.3 is 0 Å². The molecule has 0 bridgehead atoms. The van der Waals surface area contributed by atoms with E-state index in [4.69, 9.17) is 17.3 Å². The number of aryl methyl sites for hydroxylation is 1. The number of hydrogen-bond donors (Lipinski definition) is 1. The van der Waals surface area contributed by atoms with Crippen molar-refractivity contribution in [2.75, 3.05) is 0 Å². The molecule has 0 aromatic heterocycles. The monoisotopic (exact) mass is 309 g/mol. The van der Waals surface area contributed by atoms with Gasteiger partial charge in [-0.15, -0.1) is 0 Å². The van der Waals surface area contributed by atoms with Gasteiger partial charge in [0.15, 0.2) is 9.84 Å². The van der Waals surface area contributed by atoms with Crippen LogP contribution in [-0.4, -0.2) is 8.42 Å². The van der Waals surface area contributed by atoms with E-state index in [9.17, 15) is 8.42 Å². The summed E-state index contributed by atoms with van der Waals surface area (Å²) in [6, 6.07) is 11.9. The van der Waals surface area contributed by atoms with Crippen LogP contribution in [0.25, 0.3) is 0 Å². The number of hydrogen-bond acceptors (Lipinski definition) is 3. The molecule has 20 heavy (non-hydrogen) atoms. The molecule has 2 aromatic carbocycles. The van der Waals surface area contributed by atoms with Gasteiger partial charge in [0.1, 0.15) is 0 Å². The van der Waals surface area contributed by atoms with Crippen LogP contribution in [0.4, 0.5) is 0 Å². The Kier molecular flexibility index (Phi) is 4.48. The lowest BCUT2D eigenvalue weighted by Gasteiger charge is -2.09. The van der Waals surface area contributed by atoms with Gasteiger partial charge in [-0.3, -0.25) is 0 Å². The van der Waals surface area contributed by atoms with Crippen molar-refractivity contribution in [3.63, 3.8) is 0 Å². The van der Waals surface area contributed by atoms with E-state index in [1.54, 1.807) is 18.2 Å². The SMILES string of the molecule is Cc1cc(CN)ccc1CS(=O)(=O)c1cccc(Cl)c1. The van der Waals surface area contributed by atoms with E-state index in [1.165, 1.54) is 6.07 Å².